The first-order valence-corrected chi connectivity index (χ1v) is 3.68. The van der Waals surface area contributed by atoms with Gasteiger partial charge < -0.3 is 0 Å². The van der Waals surface area contributed by atoms with E-state index in [-0.39, 0.29) is 0 Å². The van der Waals surface area contributed by atoms with Crippen molar-refractivity contribution in [2.45, 2.75) is 37.5 Å². The smallest absolute Gasteiger partial charge is 0.171 e. The lowest BCUT2D eigenvalue weighted by molar-refractivity contribution is -0.233. The van der Waals surface area contributed by atoms with Crippen molar-refractivity contribution in [3.8, 4) is 0 Å². The molecule has 12 heteroatoms. The molecule has 0 bridgehead atoms. The third-order valence-corrected chi connectivity index (χ3v) is 0.802. The number of alkyl halides is 12. The van der Waals surface area contributed by atoms with E-state index in [0.29, 0.717) is 0 Å². The second-order valence-electron chi connectivity index (χ2n) is 2.81. The van der Waals surface area contributed by atoms with Crippen LogP contribution in [0.3, 0.4) is 0 Å². The molecule has 18 heavy (non-hydrogen) atoms. The van der Waals surface area contributed by atoms with E-state index in [9.17, 15) is 52.7 Å². The van der Waals surface area contributed by atoms with Gasteiger partial charge in [-0.3, -0.25) is 0 Å². The third kappa shape index (κ3) is 24.4. The van der Waals surface area contributed by atoms with Gasteiger partial charge in [0.2, 0.25) is 0 Å². The summed E-state index contributed by atoms with van der Waals surface area (Å²) in [5, 5.41) is 0. The predicted molar refractivity (Wildman–Crippen MR) is 33.5 cm³/mol. The summed E-state index contributed by atoms with van der Waals surface area (Å²) in [5.74, 6) is 0. The Balaban J connectivity index is 0. The summed E-state index contributed by atoms with van der Waals surface area (Å²) in [6.45, 7) is 0. The fourth-order valence-corrected chi connectivity index (χ4v) is 0.455. The van der Waals surface area contributed by atoms with Crippen molar-refractivity contribution in [3.63, 3.8) is 0 Å². The zero-order valence-corrected chi connectivity index (χ0v) is 7.95. The van der Waals surface area contributed by atoms with E-state index in [1.54, 1.807) is 0 Å². The topological polar surface area (TPSA) is 0 Å². The summed E-state index contributed by atoms with van der Waals surface area (Å²) in [5.41, 5.74) is 0. The molecule has 0 N–H and O–H groups in total. The maximum atomic E-state index is 10.8. The van der Waals surface area contributed by atoms with Crippen molar-refractivity contribution in [1.29, 1.82) is 0 Å². The minimum atomic E-state index is -5.14. The largest absolute Gasteiger partial charge is 0.397 e. The summed E-state index contributed by atoms with van der Waals surface area (Å²) in [6.07, 6.45) is -26.0. The van der Waals surface area contributed by atoms with Gasteiger partial charge in [-0.2, -0.15) is 52.7 Å². The molecule has 0 aromatic heterocycles. The Morgan fingerprint density at radius 3 is 0.444 bits per heavy atom. The highest BCUT2D eigenvalue weighted by molar-refractivity contribution is 4.58. The van der Waals surface area contributed by atoms with Crippen molar-refractivity contribution in [1.82, 2.24) is 0 Å². The number of hydrogen-bond donors (Lipinski definition) is 0. The Labute approximate surface area is 91.6 Å². The lowest BCUT2D eigenvalue weighted by Crippen LogP contribution is -2.20. The number of hydrogen-bond acceptors (Lipinski definition) is 0. The zero-order chi connectivity index (χ0) is 15.4. The summed E-state index contributed by atoms with van der Waals surface area (Å²) in [6, 6.07) is 0. The third-order valence-electron chi connectivity index (χ3n) is 0.802. The van der Waals surface area contributed by atoms with Crippen molar-refractivity contribution >= 4 is 0 Å². The molecule has 0 radical (unpaired) electrons. The van der Waals surface area contributed by atoms with Crippen LogP contribution >= 0.6 is 0 Å². The summed E-state index contributed by atoms with van der Waals surface area (Å²) in [4.78, 5) is 0. The van der Waals surface area contributed by atoms with Crippen molar-refractivity contribution in [2.75, 3.05) is 0 Å². The van der Waals surface area contributed by atoms with E-state index >= 15 is 0 Å². The number of halogens is 12. The van der Waals surface area contributed by atoms with Crippen LogP contribution in [-0.2, 0) is 0 Å². The summed E-state index contributed by atoms with van der Waals surface area (Å²) < 4.78 is 130. The van der Waals surface area contributed by atoms with Gasteiger partial charge in [0, 0.05) is 0 Å². The van der Waals surface area contributed by atoms with E-state index in [0.717, 1.165) is 0 Å². The van der Waals surface area contributed by atoms with Crippen LogP contribution in [0.25, 0.3) is 0 Å². The lowest BCUT2D eigenvalue weighted by Gasteiger charge is -2.08. The molecule has 0 aromatic rings. The molecule has 0 amide bonds. The van der Waals surface area contributed by atoms with E-state index in [4.69, 9.17) is 0 Å². The Hall–Kier alpha value is -0.840. The lowest BCUT2D eigenvalue weighted by atomic mass is 10.4. The quantitative estimate of drug-likeness (QED) is 0.552. The monoisotopic (exact) mass is 304 g/mol. The predicted octanol–water partition coefficient (Wildman–Crippen LogP) is 5.00. The second kappa shape index (κ2) is 5.87. The number of rotatable bonds is 0. The molecule has 0 saturated heterocycles. The van der Waals surface area contributed by atoms with Crippen molar-refractivity contribution in [2.24, 2.45) is 0 Å². The van der Waals surface area contributed by atoms with Crippen LogP contribution in [0.4, 0.5) is 52.7 Å². The highest BCUT2D eigenvalue weighted by Gasteiger charge is 2.44. The minimum Gasteiger partial charge on any atom is -0.171 e. The van der Waals surface area contributed by atoms with Gasteiger partial charge >= 0.3 is 24.7 Å². The molecule has 0 aliphatic rings. The van der Waals surface area contributed by atoms with Gasteiger partial charge in [-0.05, 0) is 0 Å². The molecule has 0 nitrogen and oxygen atoms in total. The van der Waals surface area contributed by atoms with Gasteiger partial charge in [-0.1, -0.05) is 0 Å². The molecule has 0 spiro atoms. The van der Waals surface area contributed by atoms with Crippen LogP contribution in [0.2, 0.25) is 0 Å². The highest BCUT2D eigenvalue weighted by Crippen LogP contribution is 2.32. The SMILES string of the molecule is FC(F)(F)CC(F)(F)F.FC(F)(F)CC(F)(F)F. The molecule has 112 valence electrons. The first-order chi connectivity index (χ1) is 7.41. The van der Waals surface area contributed by atoms with Gasteiger partial charge in [0.25, 0.3) is 0 Å². The molecule has 0 aromatic carbocycles. The molecular formula is C6H4F12. The van der Waals surface area contributed by atoms with Crippen LogP contribution in [0.15, 0.2) is 0 Å². The van der Waals surface area contributed by atoms with Gasteiger partial charge in [-0.15, -0.1) is 0 Å². The summed E-state index contributed by atoms with van der Waals surface area (Å²) in [7, 11) is 0. The van der Waals surface area contributed by atoms with Crippen LogP contribution in [0.1, 0.15) is 12.8 Å². The van der Waals surface area contributed by atoms with Crippen LogP contribution in [0, 0.1) is 0 Å². The standard InChI is InChI=1S/2C3H2F6/c2*4-2(5,6)1-3(7,8)9/h2*1H2. The van der Waals surface area contributed by atoms with Gasteiger partial charge in [0.1, 0.15) is 12.8 Å². The van der Waals surface area contributed by atoms with Gasteiger partial charge in [0.15, 0.2) is 0 Å². The minimum absolute atomic E-state index is 2.71. The fourth-order valence-electron chi connectivity index (χ4n) is 0.455. The molecule has 0 aliphatic carbocycles. The van der Waals surface area contributed by atoms with E-state index < -0.39 is 37.5 Å². The second-order valence-corrected chi connectivity index (χ2v) is 2.81. The highest BCUT2D eigenvalue weighted by atomic mass is 19.4. The maximum absolute atomic E-state index is 10.8. The van der Waals surface area contributed by atoms with E-state index in [2.05, 4.69) is 0 Å². The molecule has 0 fully saturated rings. The maximum Gasteiger partial charge on any atom is 0.397 e. The first kappa shape index (κ1) is 19.5. The Kier molecular flexibility index (Phi) is 6.36. The van der Waals surface area contributed by atoms with Crippen molar-refractivity contribution in [3.05, 3.63) is 0 Å². The molecule has 0 unspecified atom stereocenters. The first-order valence-electron chi connectivity index (χ1n) is 3.68. The molecule has 0 aliphatic heterocycles. The molecular weight excluding hydrogens is 300 g/mol. The molecule has 0 saturated carbocycles. The van der Waals surface area contributed by atoms with Gasteiger partial charge in [0.05, 0.1) is 0 Å². The van der Waals surface area contributed by atoms with Crippen LogP contribution in [-0.4, -0.2) is 24.7 Å². The van der Waals surface area contributed by atoms with Crippen molar-refractivity contribution < 1.29 is 52.7 Å². The van der Waals surface area contributed by atoms with E-state index in [1.807, 2.05) is 0 Å². The van der Waals surface area contributed by atoms with Crippen LogP contribution < -0.4 is 0 Å². The molecule has 0 atom stereocenters. The normalized spacial score (nSPS) is 14.0. The fraction of sp³-hybridized carbons (Fsp3) is 1.00. The Bertz CT molecular complexity index is 173. The average molecular weight is 304 g/mol. The average Bonchev–Trinajstić information content (AvgIpc) is 1.64. The zero-order valence-electron chi connectivity index (χ0n) is 7.95. The Morgan fingerprint density at radius 1 is 0.333 bits per heavy atom. The van der Waals surface area contributed by atoms with E-state index in [1.165, 1.54) is 0 Å². The molecule has 0 heterocycles. The molecule has 0 rings (SSSR count). The van der Waals surface area contributed by atoms with Crippen LogP contribution in [0.5, 0.6) is 0 Å². The summed E-state index contributed by atoms with van der Waals surface area (Å²) >= 11 is 0. The van der Waals surface area contributed by atoms with Gasteiger partial charge in [-0.25, -0.2) is 0 Å². The Morgan fingerprint density at radius 2 is 0.444 bits per heavy atom.